The molecule has 3 nitrogen and oxygen atoms in total. The lowest BCUT2D eigenvalue weighted by Gasteiger charge is -2.12. The molecule has 0 aliphatic heterocycles. The van der Waals surface area contributed by atoms with Gasteiger partial charge < -0.3 is 4.57 Å². The van der Waals surface area contributed by atoms with Crippen LogP contribution in [0.4, 0.5) is 4.39 Å². The number of hydrogen-bond donors (Lipinski definition) is 0. The quantitative estimate of drug-likeness (QED) is 0.817. The van der Waals surface area contributed by atoms with Gasteiger partial charge in [-0.2, -0.15) is 0 Å². The maximum Gasteiger partial charge on any atom is 0.251 e. The number of aromatic nitrogens is 2. The van der Waals surface area contributed by atoms with Crippen molar-refractivity contribution in [2.75, 3.05) is 0 Å². The summed E-state index contributed by atoms with van der Waals surface area (Å²) in [5.74, 6) is -0.338. The van der Waals surface area contributed by atoms with Gasteiger partial charge >= 0.3 is 0 Å². The zero-order chi connectivity index (χ0) is 12.4. The molecule has 17 heavy (non-hydrogen) atoms. The molecule has 2 aromatic heterocycles. The second-order valence-electron chi connectivity index (χ2n) is 4.00. The number of hydrogen-bond acceptors (Lipinski definition) is 2. The Morgan fingerprint density at radius 2 is 2.12 bits per heavy atom. The minimum absolute atomic E-state index is 0.0959. The van der Waals surface area contributed by atoms with Crippen molar-refractivity contribution in [3.8, 4) is 0 Å². The Morgan fingerprint density at radius 1 is 1.35 bits per heavy atom. The van der Waals surface area contributed by atoms with Crippen molar-refractivity contribution >= 4 is 11.0 Å². The zero-order valence-corrected chi connectivity index (χ0v) is 10.0. The molecule has 0 unspecified atom stereocenters. The van der Waals surface area contributed by atoms with Crippen molar-refractivity contribution in [1.29, 1.82) is 0 Å². The topological polar surface area (TPSA) is 34.9 Å². The average Bonchev–Trinajstić information content (AvgIpc) is 2.33. The first-order valence-corrected chi connectivity index (χ1v) is 5.86. The van der Waals surface area contributed by atoms with Gasteiger partial charge in [-0.15, -0.1) is 0 Å². The fraction of sp³-hybridized carbons (Fsp3) is 0.385. The van der Waals surface area contributed by atoms with E-state index in [4.69, 9.17) is 0 Å². The number of pyridine rings is 2. The largest absolute Gasteiger partial charge is 0.306 e. The van der Waals surface area contributed by atoms with E-state index < -0.39 is 0 Å². The van der Waals surface area contributed by atoms with Gasteiger partial charge in [0, 0.05) is 18.2 Å². The van der Waals surface area contributed by atoms with E-state index in [-0.39, 0.29) is 11.4 Å². The molecule has 0 saturated carbocycles. The van der Waals surface area contributed by atoms with Gasteiger partial charge in [0.1, 0.15) is 5.82 Å². The Labute approximate surface area is 98.9 Å². The maximum atomic E-state index is 13.7. The molecule has 0 saturated heterocycles. The first-order chi connectivity index (χ1) is 8.19. The highest BCUT2D eigenvalue weighted by molar-refractivity contribution is 5.78. The second-order valence-corrected chi connectivity index (χ2v) is 4.00. The van der Waals surface area contributed by atoms with Crippen LogP contribution in [0.2, 0.25) is 0 Å². The smallest absolute Gasteiger partial charge is 0.251 e. The van der Waals surface area contributed by atoms with Crippen molar-refractivity contribution in [3.05, 3.63) is 40.1 Å². The van der Waals surface area contributed by atoms with E-state index >= 15 is 0 Å². The second kappa shape index (κ2) is 4.65. The number of halogens is 1. The Balaban J connectivity index is 2.89. The summed E-state index contributed by atoms with van der Waals surface area (Å²) in [6, 6.07) is 3.14. The molecule has 2 aromatic rings. The van der Waals surface area contributed by atoms with Crippen LogP contribution in [0.1, 0.15) is 25.8 Å². The molecule has 0 fully saturated rings. The molecule has 0 atom stereocenters. The fourth-order valence-electron chi connectivity index (χ4n) is 2.09. The minimum atomic E-state index is -0.338. The van der Waals surface area contributed by atoms with Crippen LogP contribution in [0.15, 0.2) is 23.1 Å². The lowest BCUT2D eigenvalue weighted by atomic mass is 10.1. The average molecular weight is 234 g/mol. The SMILES string of the molecule is CCCn1c(=O)ccc2ncc(F)c(CC)c21. The van der Waals surface area contributed by atoms with Gasteiger partial charge in [-0.25, -0.2) is 4.39 Å². The molecule has 0 bridgehead atoms. The van der Waals surface area contributed by atoms with Crippen molar-refractivity contribution < 1.29 is 4.39 Å². The van der Waals surface area contributed by atoms with Gasteiger partial charge in [0.15, 0.2) is 0 Å². The van der Waals surface area contributed by atoms with Gasteiger partial charge in [0.05, 0.1) is 17.2 Å². The molecule has 0 N–H and O–H groups in total. The first-order valence-electron chi connectivity index (χ1n) is 5.86. The Hall–Kier alpha value is -1.71. The molecule has 2 heterocycles. The fourth-order valence-corrected chi connectivity index (χ4v) is 2.09. The van der Waals surface area contributed by atoms with E-state index in [1.54, 1.807) is 10.6 Å². The molecule has 2 rings (SSSR count). The van der Waals surface area contributed by atoms with Crippen molar-refractivity contribution in [2.45, 2.75) is 33.2 Å². The van der Waals surface area contributed by atoms with Gasteiger partial charge in [0.25, 0.3) is 5.56 Å². The minimum Gasteiger partial charge on any atom is -0.306 e. The summed E-state index contributed by atoms with van der Waals surface area (Å²) in [5, 5.41) is 0. The summed E-state index contributed by atoms with van der Waals surface area (Å²) in [6.07, 6.45) is 2.61. The molecule has 4 heteroatoms. The van der Waals surface area contributed by atoms with E-state index in [1.165, 1.54) is 12.3 Å². The molecule has 0 aliphatic carbocycles. The van der Waals surface area contributed by atoms with Gasteiger partial charge in [0.2, 0.25) is 0 Å². The number of nitrogens with zero attached hydrogens (tertiary/aromatic N) is 2. The first kappa shape index (κ1) is 11.8. The standard InChI is InChI=1S/C13H15FN2O/c1-3-7-16-12(17)6-5-11-13(16)9(4-2)10(14)8-15-11/h5-6,8H,3-4,7H2,1-2H3. The summed E-state index contributed by atoms with van der Waals surface area (Å²) in [4.78, 5) is 15.9. The summed E-state index contributed by atoms with van der Waals surface area (Å²) in [5.41, 5.74) is 1.79. The molecule has 90 valence electrons. The molecular weight excluding hydrogens is 219 g/mol. The Bertz CT molecular complexity index is 604. The van der Waals surface area contributed by atoms with Crippen LogP contribution < -0.4 is 5.56 Å². The molecule has 0 radical (unpaired) electrons. The normalized spacial score (nSPS) is 11.0. The number of rotatable bonds is 3. The Kier molecular flexibility index (Phi) is 3.22. The van der Waals surface area contributed by atoms with Crippen molar-refractivity contribution in [2.24, 2.45) is 0 Å². The molecular formula is C13H15FN2O. The predicted molar refractivity (Wildman–Crippen MR) is 65.6 cm³/mol. The van der Waals surface area contributed by atoms with E-state index in [9.17, 15) is 9.18 Å². The third-order valence-electron chi connectivity index (χ3n) is 2.85. The molecule has 0 aliphatic rings. The lowest BCUT2D eigenvalue weighted by molar-refractivity contribution is 0.603. The lowest BCUT2D eigenvalue weighted by Crippen LogP contribution is -2.20. The highest BCUT2D eigenvalue weighted by Gasteiger charge is 2.11. The van der Waals surface area contributed by atoms with E-state index in [0.29, 0.717) is 29.6 Å². The number of fused-ring (bicyclic) bond motifs is 1. The van der Waals surface area contributed by atoms with Gasteiger partial charge in [-0.3, -0.25) is 9.78 Å². The maximum absolute atomic E-state index is 13.7. The summed E-state index contributed by atoms with van der Waals surface area (Å²) < 4.78 is 15.3. The number of aryl methyl sites for hydroxylation is 2. The van der Waals surface area contributed by atoms with Gasteiger partial charge in [-0.05, 0) is 18.9 Å². The third kappa shape index (κ3) is 1.95. The van der Waals surface area contributed by atoms with Crippen LogP contribution in [0, 0.1) is 5.82 Å². The van der Waals surface area contributed by atoms with Crippen LogP contribution in [0.3, 0.4) is 0 Å². The van der Waals surface area contributed by atoms with Crippen LogP contribution in [0.25, 0.3) is 11.0 Å². The molecule has 0 amide bonds. The third-order valence-corrected chi connectivity index (χ3v) is 2.85. The van der Waals surface area contributed by atoms with Crippen LogP contribution >= 0.6 is 0 Å². The Morgan fingerprint density at radius 3 is 2.76 bits per heavy atom. The predicted octanol–water partition coefficient (Wildman–Crippen LogP) is 2.51. The van der Waals surface area contributed by atoms with E-state index in [1.807, 2.05) is 13.8 Å². The summed E-state index contributed by atoms with van der Waals surface area (Å²) >= 11 is 0. The van der Waals surface area contributed by atoms with Gasteiger partial charge in [-0.1, -0.05) is 13.8 Å². The highest BCUT2D eigenvalue weighted by Crippen LogP contribution is 2.19. The van der Waals surface area contributed by atoms with Crippen LogP contribution in [0.5, 0.6) is 0 Å². The highest BCUT2D eigenvalue weighted by atomic mass is 19.1. The molecule has 0 spiro atoms. The van der Waals surface area contributed by atoms with E-state index in [0.717, 1.165) is 6.42 Å². The summed E-state index contributed by atoms with van der Waals surface area (Å²) in [7, 11) is 0. The monoisotopic (exact) mass is 234 g/mol. The zero-order valence-electron chi connectivity index (χ0n) is 10.0. The van der Waals surface area contributed by atoms with Crippen molar-refractivity contribution in [3.63, 3.8) is 0 Å². The summed E-state index contributed by atoms with van der Waals surface area (Å²) in [6.45, 7) is 4.46. The van der Waals surface area contributed by atoms with Crippen LogP contribution in [-0.2, 0) is 13.0 Å². The van der Waals surface area contributed by atoms with Crippen molar-refractivity contribution in [1.82, 2.24) is 9.55 Å². The van der Waals surface area contributed by atoms with Crippen LogP contribution in [-0.4, -0.2) is 9.55 Å². The molecule has 0 aromatic carbocycles. The van der Waals surface area contributed by atoms with E-state index in [2.05, 4.69) is 4.98 Å².